The molecule has 27 rings (SSSR count). The third-order valence-corrected chi connectivity index (χ3v) is 25.8. The Morgan fingerprint density at radius 2 is 0.441 bits per heavy atom. The fraction of sp³-hybridized carbons (Fsp3) is 0. The lowest BCUT2D eigenvalue weighted by Gasteiger charge is -2.19. The lowest BCUT2D eigenvalue weighted by Crippen LogP contribution is -1.91. The highest BCUT2D eigenvalue weighted by Gasteiger charge is 2.25. The Balaban J connectivity index is 0.000000109. The number of rotatable bonds is 8. The molecule has 0 amide bonds. The van der Waals surface area contributed by atoms with Crippen LogP contribution >= 0.6 is 0 Å². The fourth-order valence-corrected chi connectivity index (χ4v) is 20.1. The van der Waals surface area contributed by atoms with Gasteiger partial charge in [0.15, 0.2) is 0 Å². The second kappa shape index (κ2) is 30.1. The molecule has 0 unspecified atom stereocenters. The van der Waals surface area contributed by atoms with Gasteiger partial charge in [-0.25, -0.2) is 0 Å². The summed E-state index contributed by atoms with van der Waals surface area (Å²) in [6.45, 7) is 0. The standard InChI is InChI=1S/2C42H26O.C40H24O/c1-3-11-27(12-4-1)30-20-22-35-38(25-30)40(29-14-5-2-6-15-29)33-17-9-10-18-34(33)41(35)31-21-24-39-37(26-31)36-23-19-28-13-7-8-16-32(28)42(36)43-39;1-2-10-27(11-3-1)28-18-20-30(21-19-28)40-33-14-6-8-16-35(33)41(36-17-9-7-15-34(36)40)31-23-25-39-38(26-31)37-24-22-29-12-4-5-13-32(29)42(37)43-39;1-3-13-28-25(10-1)12-9-19-30(28)39-33-17-7-5-15-31(33)38(32-16-6-8-18-34(32)39)27-21-22-36-35(24-27)40-29-14-4-2-11-26(29)20-23-37(40)41-36/h2*1-26H;1-24H/i;6D,7D,8D,9D,14D,15D,16D,17D;. The fourth-order valence-electron chi connectivity index (χ4n) is 20.1. The van der Waals surface area contributed by atoms with E-state index in [0.717, 1.165) is 76.5 Å². The molecule has 3 aromatic heterocycles. The molecule has 3 heterocycles. The molecule has 0 aliphatic carbocycles. The van der Waals surface area contributed by atoms with Crippen LogP contribution in [0.4, 0.5) is 0 Å². The van der Waals surface area contributed by atoms with E-state index >= 15 is 0 Å². The highest BCUT2D eigenvalue weighted by Crippen LogP contribution is 2.52. The predicted molar refractivity (Wildman–Crippen MR) is 540 cm³/mol. The number of benzene rings is 24. The van der Waals surface area contributed by atoms with Crippen LogP contribution in [-0.4, -0.2) is 0 Å². The van der Waals surface area contributed by atoms with Gasteiger partial charge in [0.25, 0.3) is 0 Å². The van der Waals surface area contributed by atoms with E-state index in [1.54, 1.807) is 6.07 Å². The molecule has 0 aliphatic heterocycles. The van der Waals surface area contributed by atoms with Gasteiger partial charge in [0, 0.05) is 43.1 Å². The van der Waals surface area contributed by atoms with Gasteiger partial charge in [-0.1, -0.05) is 400 Å². The van der Waals surface area contributed by atoms with Gasteiger partial charge in [-0.2, -0.15) is 0 Å². The summed E-state index contributed by atoms with van der Waals surface area (Å²) in [6.07, 6.45) is 0. The minimum absolute atomic E-state index is 0.179. The number of hydrogen-bond donors (Lipinski definition) is 0. The van der Waals surface area contributed by atoms with Gasteiger partial charge < -0.3 is 13.3 Å². The molecule has 0 saturated heterocycles. The first-order valence-electron chi connectivity index (χ1n) is 47.0. The second-order valence-electron chi connectivity index (χ2n) is 32.8. The summed E-state index contributed by atoms with van der Waals surface area (Å²) in [4.78, 5) is 0. The van der Waals surface area contributed by atoms with Crippen LogP contribution in [-0.2, 0) is 0 Å². The molecule has 0 aliphatic rings. The quantitative estimate of drug-likeness (QED) is 0.142. The van der Waals surface area contributed by atoms with Crippen molar-refractivity contribution in [3.63, 3.8) is 0 Å². The van der Waals surface area contributed by atoms with Gasteiger partial charge in [-0.3, -0.25) is 0 Å². The van der Waals surface area contributed by atoms with Crippen LogP contribution in [0.3, 0.4) is 0 Å². The number of hydrogen-bond acceptors (Lipinski definition) is 3. The van der Waals surface area contributed by atoms with Crippen molar-refractivity contribution in [3.8, 4) is 89.0 Å². The number of fused-ring (bicyclic) bond motifs is 22. The monoisotopic (exact) mass is 1620 g/mol. The summed E-state index contributed by atoms with van der Waals surface area (Å²) in [5.41, 5.74) is 21.1. The summed E-state index contributed by atoms with van der Waals surface area (Å²) in [5.74, 6) is 0. The van der Waals surface area contributed by atoms with Crippen LogP contribution in [0.1, 0.15) is 11.0 Å². The normalized spacial score (nSPS) is 12.7. The van der Waals surface area contributed by atoms with Crippen molar-refractivity contribution in [1.29, 1.82) is 0 Å². The molecule has 0 spiro atoms. The molecule has 127 heavy (non-hydrogen) atoms. The van der Waals surface area contributed by atoms with Crippen molar-refractivity contribution in [3.05, 3.63) is 461 Å². The van der Waals surface area contributed by atoms with E-state index in [1.165, 1.54) is 131 Å². The Labute approximate surface area is 743 Å². The molecule has 0 N–H and O–H groups in total. The van der Waals surface area contributed by atoms with Crippen molar-refractivity contribution in [2.75, 3.05) is 0 Å². The van der Waals surface area contributed by atoms with Crippen molar-refractivity contribution < 1.29 is 24.2 Å². The van der Waals surface area contributed by atoms with E-state index in [2.05, 4.69) is 303 Å². The van der Waals surface area contributed by atoms with E-state index in [4.69, 9.17) is 18.7 Å². The molecule has 0 bridgehead atoms. The molecule has 0 fully saturated rings. The average Bonchev–Trinajstić information content (AvgIpc) is 1.56. The van der Waals surface area contributed by atoms with Crippen LogP contribution < -0.4 is 0 Å². The molecule has 27 aromatic rings. The SMILES string of the molecule is [2H]c1c([2H])c([2H])c2c(-c3ccc4oc5c6ccccc6ccc5c4c3)c3c([2H])c([2H])c([2H])c([2H])c3c(-c3ccc(-c4ccccc4)cc3)c2c1[2H].c1ccc(-c2ccc3c(-c4ccc5oc6c7ccccc7ccc6c5c4)c4ccccc4c(-c4ccccc4)c3c2)cc1.c1ccc2c(-c3c4ccccc4c(-c4ccc5oc6ccc7ccccc7c6c5c4)c4ccccc34)cccc2c1. The Bertz CT molecular complexity index is 9520. The zero-order valence-electron chi connectivity index (χ0n) is 76.5. The first-order chi connectivity index (χ1) is 66.3. The highest BCUT2D eigenvalue weighted by molar-refractivity contribution is 6.28. The third kappa shape index (κ3) is 12.2. The maximum absolute atomic E-state index is 9.27. The van der Waals surface area contributed by atoms with Crippen LogP contribution in [0.5, 0.6) is 0 Å². The zero-order chi connectivity index (χ0) is 90.5. The molecule has 590 valence electrons. The summed E-state index contributed by atoms with van der Waals surface area (Å²) >= 11 is 0. The Hall–Kier alpha value is -16.7. The molecule has 0 saturated carbocycles. The van der Waals surface area contributed by atoms with Gasteiger partial charge in [0.2, 0.25) is 0 Å². The maximum atomic E-state index is 9.27. The average molecular weight is 1620 g/mol. The van der Waals surface area contributed by atoms with E-state index < -0.39 is 24.2 Å². The summed E-state index contributed by atoms with van der Waals surface area (Å²) in [5, 5.41) is 26.3. The summed E-state index contributed by atoms with van der Waals surface area (Å²) in [7, 11) is 0. The van der Waals surface area contributed by atoms with Gasteiger partial charge in [-0.05, 0) is 247 Å². The number of furan rings is 3. The lowest BCUT2D eigenvalue weighted by atomic mass is 9.84. The second-order valence-corrected chi connectivity index (χ2v) is 32.8. The van der Waals surface area contributed by atoms with E-state index in [1.807, 2.05) is 103 Å². The zero-order valence-corrected chi connectivity index (χ0v) is 68.5. The highest BCUT2D eigenvalue weighted by atomic mass is 16.3. The van der Waals surface area contributed by atoms with Gasteiger partial charge >= 0.3 is 0 Å². The first-order valence-corrected chi connectivity index (χ1v) is 43.0. The van der Waals surface area contributed by atoms with Gasteiger partial charge in [0.1, 0.15) is 33.5 Å². The molecule has 24 aromatic carbocycles. The molecular weight excluding hydrogens is 1540 g/mol. The van der Waals surface area contributed by atoms with Crippen molar-refractivity contribution in [2.45, 2.75) is 0 Å². The lowest BCUT2D eigenvalue weighted by molar-refractivity contribution is 0.669. The summed E-state index contributed by atoms with van der Waals surface area (Å²) in [6, 6.07) is 141. The van der Waals surface area contributed by atoms with Crippen LogP contribution in [0.25, 0.3) is 263 Å². The van der Waals surface area contributed by atoms with E-state index in [-0.39, 0.29) is 45.7 Å². The summed E-state index contributed by atoms with van der Waals surface area (Å²) < 4.78 is 91.1. The molecule has 0 radical (unpaired) electrons. The Morgan fingerprint density at radius 3 is 0.937 bits per heavy atom. The Morgan fingerprint density at radius 1 is 0.150 bits per heavy atom. The largest absolute Gasteiger partial charge is 0.456 e. The predicted octanol–water partition coefficient (Wildman–Crippen LogP) is 35.6. The van der Waals surface area contributed by atoms with Crippen molar-refractivity contribution >= 4 is 174 Å². The van der Waals surface area contributed by atoms with Crippen LogP contribution in [0.2, 0.25) is 0 Å². The first kappa shape index (κ1) is 65.1. The van der Waals surface area contributed by atoms with Crippen molar-refractivity contribution in [2.24, 2.45) is 0 Å². The van der Waals surface area contributed by atoms with Gasteiger partial charge in [0.05, 0.1) is 11.0 Å². The molecule has 3 heteroatoms. The van der Waals surface area contributed by atoms with Gasteiger partial charge in [-0.15, -0.1) is 0 Å². The smallest absolute Gasteiger partial charge is 0.143 e. The molecular formula is C124H76O3. The van der Waals surface area contributed by atoms with Crippen molar-refractivity contribution in [1.82, 2.24) is 0 Å². The molecule has 3 nitrogen and oxygen atoms in total. The third-order valence-electron chi connectivity index (χ3n) is 25.8. The Kier molecular flexibility index (Phi) is 15.4. The molecule has 0 atom stereocenters. The van der Waals surface area contributed by atoms with Crippen LogP contribution in [0.15, 0.2) is 474 Å². The minimum atomic E-state index is -0.430. The van der Waals surface area contributed by atoms with E-state index in [9.17, 15) is 5.48 Å². The maximum Gasteiger partial charge on any atom is 0.143 e. The minimum Gasteiger partial charge on any atom is -0.456 e. The van der Waals surface area contributed by atoms with E-state index in [0.29, 0.717) is 33.4 Å². The topological polar surface area (TPSA) is 39.4 Å². The van der Waals surface area contributed by atoms with Crippen LogP contribution in [0, 0.1) is 0 Å².